The first-order valence-electron chi connectivity index (χ1n) is 5.52. The van der Waals surface area contributed by atoms with Crippen molar-refractivity contribution in [1.82, 2.24) is 0 Å². The van der Waals surface area contributed by atoms with E-state index in [1.54, 1.807) is 0 Å². The van der Waals surface area contributed by atoms with Crippen LogP contribution in [0.4, 0.5) is 0 Å². The van der Waals surface area contributed by atoms with Gasteiger partial charge < -0.3 is 36.4 Å². The van der Waals surface area contributed by atoms with Crippen LogP contribution in [-0.4, -0.2) is 74.3 Å². The molecule has 7 nitrogen and oxygen atoms in total. The Morgan fingerprint density at radius 3 is 1.12 bits per heavy atom. The second kappa shape index (κ2) is 7.93. The summed E-state index contributed by atoms with van der Waals surface area (Å²) in [5.41, 5.74) is 4.75. The average molecular weight is 253 g/mol. The monoisotopic (exact) mass is 253 g/mol. The molecule has 0 rings (SSSR count). The molecule has 17 heavy (non-hydrogen) atoms. The Kier molecular flexibility index (Phi) is 7.80. The highest BCUT2D eigenvalue weighted by Crippen LogP contribution is 2.23. The topological polar surface area (TPSA) is 147 Å². The van der Waals surface area contributed by atoms with Gasteiger partial charge in [0.2, 0.25) is 0 Å². The molecule has 0 aliphatic rings. The van der Waals surface area contributed by atoms with Gasteiger partial charge in [-0.25, -0.2) is 0 Å². The molecule has 0 aromatic heterocycles. The quantitative estimate of drug-likeness (QED) is 0.230. The second-order valence-corrected chi connectivity index (χ2v) is 4.48. The first kappa shape index (κ1) is 16.7. The van der Waals surface area contributed by atoms with Crippen LogP contribution < -0.4 is 5.73 Å². The molecule has 3 atom stereocenters. The summed E-state index contributed by atoms with van der Waals surface area (Å²) in [5.74, 6) is 0. The minimum absolute atomic E-state index is 0.0440. The van der Waals surface area contributed by atoms with Gasteiger partial charge in [-0.3, -0.25) is 0 Å². The van der Waals surface area contributed by atoms with Gasteiger partial charge in [0.15, 0.2) is 0 Å². The molecule has 7 heteroatoms. The van der Waals surface area contributed by atoms with E-state index in [4.69, 9.17) is 21.1 Å². The van der Waals surface area contributed by atoms with Crippen molar-refractivity contribution in [2.75, 3.05) is 19.8 Å². The predicted octanol–water partition coefficient (Wildman–Crippen LogP) is -3.09. The van der Waals surface area contributed by atoms with E-state index in [0.717, 1.165) is 0 Å². The lowest BCUT2D eigenvalue weighted by molar-refractivity contribution is 0.00720. The van der Waals surface area contributed by atoms with Crippen molar-refractivity contribution in [2.24, 2.45) is 5.73 Å². The summed E-state index contributed by atoms with van der Waals surface area (Å²) in [7, 11) is 0. The Balaban J connectivity index is 4.55. The van der Waals surface area contributed by atoms with E-state index in [1.165, 1.54) is 0 Å². The first-order valence-corrected chi connectivity index (χ1v) is 5.52. The molecule has 0 fully saturated rings. The number of hydrogen-bond acceptors (Lipinski definition) is 7. The summed E-state index contributed by atoms with van der Waals surface area (Å²) < 4.78 is 0. The Morgan fingerprint density at radius 2 is 0.941 bits per heavy atom. The molecule has 0 aromatic carbocycles. The van der Waals surface area contributed by atoms with Gasteiger partial charge in [0.05, 0.1) is 38.1 Å². The van der Waals surface area contributed by atoms with Gasteiger partial charge in [0, 0.05) is 5.54 Å². The maximum atomic E-state index is 9.35. The molecule has 0 aromatic rings. The van der Waals surface area contributed by atoms with Crippen LogP contribution in [-0.2, 0) is 0 Å². The summed E-state index contributed by atoms with van der Waals surface area (Å²) in [6.45, 7) is -1.45. The van der Waals surface area contributed by atoms with Crippen molar-refractivity contribution in [1.29, 1.82) is 0 Å². The Labute approximate surface area is 100 Å². The van der Waals surface area contributed by atoms with Gasteiger partial charge in [-0.1, -0.05) is 0 Å². The van der Waals surface area contributed by atoms with Gasteiger partial charge in [-0.2, -0.15) is 0 Å². The number of nitrogens with two attached hydrogens (primary N) is 1. The van der Waals surface area contributed by atoms with Crippen molar-refractivity contribution < 1.29 is 30.6 Å². The minimum atomic E-state index is -1.16. The summed E-state index contributed by atoms with van der Waals surface area (Å²) >= 11 is 0. The summed E-state index contributed by atoms with van der Waals surface area (Å²) in [6.07, 6.45) is -3.35. The van der Waals surface area contributed by atoms with E-state index in [1.807, 2.05) is 0 Å². The minimum Gasteiger partial charge on any atom is -0.394 e. The normalized spacial score (nSPS) is 20.6. The molecule has 0 spiro atoms. The molecule has 0 heterocycles. The third kappa shape index (κ3) is 6.89. The molecule has 0 amide bonds. The zero-order valence-electron chi connectivity index (χ0n) is 9.74. The number of rotatable bonds is 9. The Bertz CT molecular complexity index is 172. The Hall–Kier alpha value is -0.280. The van der Waals surface area contributed by atoms with Gasteiger partial charge >= 0.3 is 0 Å². The van der Waals surface area contributed by atoms with E-state index < -0.39 is 43.7 Å². The van der Waals surface area contributed by atoms with Crippen molar-refractivity contribution in [2.45, 2.75) is 43.1 Å². The summed E-state index contributed by atoms with van der Waals surface area (Å²) in [5, 5.41) is 54.3. The molecule has 0 saturated heterocycles. The third-order valence-corrected chi connectivity index (χ3v) is 2.56. The fraction of sp³-hybridized carbons (Fsp3) is 1.00. The molecule has 0 aliphatic carbocycles. The fourth-order valence-electron chi connectivity index (χ4n) is 1.85. The lowest BCUT2D eigenvalue weighted by atomic mass is 9.82. The Morgan fingerprint density at radius 1 is 0.706 bits per heavy atom. The predicted molar refractivity (Wildman–Crippen MR) is 60.0 cm³/mol. The van der Waals surface area contributed by atoms with Gasteiger partial charge in [0.25, 0.3) is 0 Å². The van der Waals surface area contributed by atoms with Crippen LogP contribution in [0.25, 0.3) is 0 Å². The van der Waals surface area contributed by atoms with E-state index >= 15 is 0 Å². The third-order valence-electron chi connectivity index (χ3n) is 2.56. The number of aliphatic hydroxyl groups excluding tert-OH is 6. The molecule has 0 aliphatic heterocycles. The molecular formula is C10H23NO6. The van der Waals surface area contributed by atoms with Crippen LogP contribution in [0.3, 0.4) is 0 Å². The molecule has 0 bridgehead atoms. The molecule has 8 N–H and O–H groups in total. The lowest BCUT2D eigenvalue weighted by Crippen LogP contribution is -2.49. The molecule has 104 valence electrons. The maximum absolute atomic E-state index is 9.35. The standard InChI is InChI=1S/C10H23NO6/c11-10(1-7(15)4-12,2-8(16)5-13)3-9(17)6-14/h7-9,12-17H,1-6,11H2. The van der Waals surface area contributed by atoms with Crippen molar-refractivity contribution in [3.8, 4) is 0 Å². The van der Waals surface area contributed by atoms with Crippen LogP contribution in [0.15, 0.2) is 0 Å². The van der Waals surface area contributed by atoms with Crippen LogP contribution in [0.1, 0.15) is 19.3 Å². The van der Waals surface area contributed by atoms with E-state index in [2.05, 4.69) is 0 Å². The largest absolute Gasteiger partial charge is 0.394 e. The van der Waals surface area contributed by atoms with Gasteiger partial charge in [-0.15, -0.1) is 0 Å². The first-order chi connectivity index (χ1) is 7.86. The smallest absolute Gasteiger partial charge is 0.0788 e. The zero-order chi connectivity index (χ0) is 13.5. The van der Waals surface area contributed by atoms with Crippen molar-refractivity contribution >= 4 is 0 Å². The lowest BCUT2D eigenvalue weighted by Gasteiger charge is -2.34. The van der Waals surface area contributed by atoms with E-state index in [-0.39, 0.29) is 19.3 Å². The molecular weight excluding hydrogens is 230 g/mol. The maximum Gasteiger partial charge on any atom is 0.0788 e. The molecule has 3 unspecified atom stereocenters. The fourth-order valence-corrected chi connectivity index (χ4v) is 1.85. The summed E-state index contributed by atoms with van der Waals surface area (Å²) in [4.78, 5) is 0. The highest BCUT2D eigenvalue weighted by Gasteiger charge is 2.32. The zero-order valence-corrected chi connectivity index (χ0v) is 9.74. The van der Waals surface area contributed by atoms with Crippen molar-refractivity contribution in [3.63, 3.8) is 0 Å². The van der Waals surface area contributed by atoms with Crippen LogP contribution in [0.5, 0.6) is 0 Å². The van der Waals surface area contributed by atoms with Crippen molar-refractivity contribution in [3.05, 3.63) is 0 Å². The van der Waals surface area contributed by atoms with Crippen LogP contribution >= 0.6 is 0 Å². The number of hydrogen-bond donors (Lipinski definition) is 7. The van der Waals surface area contributed by atoms with E-state index in [9.17, 15) is 15.3 Å². The highest BCUT2D eigenvalue weighted by molar-refractivity contribution is 4.91. The number of aliphatic hydroxyl groups is 6. The second-order valence-electron chi connectivity index (χ2n) is 4.48. The summed E-state index contributed by atoms with van der Waals surface area (Å²) in [6, 6.07) is 0. The average Bonchev–Trinajstić information content (AvgIpc) is 2.27. The molecule has 0 radical (unpaired) electrons. The van der Waals surface area contributed by atoms with Crippen LogP contribution in [0, 0.1) is 0 Å². The van der Waals surface area contributed by atoms with Crippen LogP contribution in [0.2, 0.25) is 0 Å². The SMILES string of the molecule is NC(CC(O)CO)(CC(O)CO)CC(O)CO. The van der Waals surface area contributed by atoms with Gasteiger partial charge in [-0.05, 0) is 19.3 Å². The highest BCUT2D eigenvalue weighted by atomic mass is 16.3. The molecule has 0 saturated carbocycles. The van der Waals surface area contributed by atoms with E-state index in [0.29, 0.717) is 0 Å². The van der Waals surface area contributed by atoms with Gasteiger partial charge in [0.1, 0.15) is 0 Å².